The maximum atomic E-state index is 12.2. The number of para-hydroxylation sites is 1. The molecule has 0 aliphatic rings. The van der Waals surface area contributed by atoms with Crippen LogP contribution in [0, 0.1) is 13.8 Å². The lowest BCUT2D eigenvalue weighted by atomic mass is 10.2. The smallest absolute Gasteiger partial charge is 0.349 e. The lowest BCUT2D eigenvalue weighted by Gasteiger charge is -2.07. The van der Waals surface area contributed by atoms with E-state index in [-0.39, 0.29) is 12.1 Å². The maximum Gasteiger partial charge on any atom is 0.349 e. The van der Waals surface area contributed by atoms with Gasteiger partial charge in [0.2, 0.25) is 5.91 Å². The van der Waals surface area contributed by atoms with E-state index in [2.05, 4.69) is 15.7 Å². The molecule has 2 aromatic heterocycles. The summed E-state index contributed by atoms with van der Waals surface area (Å²) >= 11 is 0. The van der Waals surface area contributed by atoms with Crippen LogP contribution in [0.5, 0.6) is 0 Å². The van der Waals surface area contributed by atoms with E-state index in [1.807, 2.05) is 6.92 Å². The molecule has 0 fully saturated rings. The Bertz CT molecular complexity index is 1060. The van der Waals surface area contributed by atoms with E-state index in [1.54, 1.807) is 42.9 Å². The van der Waals surface area contributed by atoms with Crippen LogP contribution in [0.2, 0.25) is 0 Å². The largest absolute Gasteiger partial charge is 0.422 e. The molecule has 8 heteroatoms. The molecule has 8 nitrogen and oxygen atoms in total. The SMILES string of the molecule is Cc1nn(C)c(C)c1NC(=O)CNC(=O)c1cc2ccccc2oc1=O. The molecule has 0 bridgehead atoms. The third-order valence-electron chi connectivity index (χ3n) is 4.07. The third kappa shape index (κ3) is 3.34. The van der Waals surface area contributed by atoms with Gasteiger partial charge >= 0.3 is 5.63 Å². The molecule has 0 saturated heterocycles. The van der Waals surface area contributed by atoms with Gasteiger partial charge in [-0.2, -0.15) is 5.10 Å². The van der Waals surface area contributed by atoms with Crippen LogP contribution >= 0.6 is 0 Å². The molecule has 3 aromatic rings. The number of fused-ring (bicyclic) bond motifs is 1. The number of carbonyl (C=O) groups is 2. The van der Waals surface area contributed by atoms with Crippen LogP contribution in [0.4, 0.5) is 5.69 Å². The van der Waals surface area contributed by atoms with Crippen molar-refractivity contribution >= 4 is 28.5 Å². The first-order chi connectivity index (χ1) is 12.4. The van der Waals surface area contributed by atoms with Crippen molar-refractivity contribution < 1.29 is 14.0 Å². The van der Waals surface area contributed by atoms with Crippen molar-refractivity contribution in [3.05, 3.63) is 57.7 Å². The van der Waals surface area contributed by atoms with Crippen LogP contribution in [-0.4, -0.2) is 28.1 Å². The highest BCUT2D eigenvalue weighted by molar-refractivity contribution is 6.00. The first kappa shape index (κ1) is 17.4. The Morgan fingerprint density at radius 3 is 2.65 bits per heavy atom. The summed E-state index contributed by atoms with van der Waals surface area (Å²) in [7, 11) is 1.78. The van der Waals surface area contributed by atoms with Gasteiger partial charge in [-0.15, -0.1) is 0 Å². The van der Waals surface area contributed by atoms with Gasteiger partial charge in [0.1, 0.15) is 11.1 Å². The zero-order valence-electron chi connectivity index (χ0n) is 14.6. The van der Waals surface area contributed by atoms with E-state index < -0.39 is 17.4 Å². The number of nitrogens with zero attached hydrogens (tertiary/aromatic N) is 2. The average molecular weight is 354 g/mol. The van der Waals surface area contributed by atoms with Crippen LogP contribution in [-0.2, 0) is 11.8 Å². The molecule has 0 atom stereocenters. The molecule has 0 saturated carbocycles. The van der Waals surface area contributed by atoms with Crippen molar-refractivity contribution in [2.75, 3.05) is 11.9 Å². The Hall–Kier alpha value is -3.42. The number of amides is 2. The molecule has 134 valence electrons. The van der Waals surface area contributed by atoms with Crippen molar-refractivity contribution in [2.24, 2.45) is 7.05 Å². The van der Waals surface area contributed by atoms with E-state index in [9.17, 15) is 14.4 Å². The van der Waals surface area contributed by atoms with Gasteiger partial charge in [-0.05, 0) is 26.0 Å². The van der Waals surface area contributed by atoms with Gasteiger partial charge in [-0.3, -0.25) is 14.3 Å². The van der Waals surface area contributed by atoms with E-state index >= 15 is 0 Å². The van der Waals surface area contributed by atoms with Crippen LogP contribution in [0.25, 0.3) is 11.0 Å². The molecule has 0 unspecified atom stereocenters. The lowest BCUT2D eigenvalue weighted by Crippen LogP contribution is -2.35. The van der Waals surface area contributed by atoms with E-state index in [4.69, 9.17) is 4.42 Å². The minimum atomic E-state index is -0.749. The second kappa shape index (κ2) is 6.83. The van der Waals surface area contributed by atoms with Gasteiger partial charge < -0.3 is 15.1 Å². The Morgan fingerprint density at radius 1 is 1.23 bits per heavy atom. The maximum absolute atomic E-state index is 12.2. The summed E-state index contributed by atoms with van der Waals surface area (Å²) in [4.78, 5) is 36.3. The fraction of sp³-hybridized carbons (Fsp3) is 0.222. The zero-order chi connectivity index (χ0) is 18.8. The summed E-state index contributed by atoms with van der Waals surface area (Å²) < 4.78 is 6.78. The van der Waals surface area contributed by atoms with Crippen molar-refractivity contribution in [1.82, 2.24) is 15.1 Å². The minimum Gasteiger partial charge on any atom is -0.422 e. The van der Waals surface area contributed by atoms with Gasteiger partial charge in [0.25, 0.3) is 5.91 Å². The molecule has 26 heavy (non-hydrogen) atoms. The number of nitrogens with one attached hydrogen (secondary N) is 2. The van der Waals surface area contributed by atoms with Gasteiger partial charge in [0, 0.05) is 12.4 Å². The average Bonchev–Trinajstić information content (AvgIpc) is 2.85. The number of hydrogen-bond acceptors (Lipinski definition) is 5. The van der Waals surface area contributed by atoms with Gasteiger partial charge in [-0.25, -0.2) is 4.79 Å². The Labute approximate surface area is 148 Å². The fourth-order valence-corrected chi connectivity index (χ4v) is 2.61. The molecular formula is C18H18N4O4. The molecule has 1 aromatic carbocycles. The Balaban J connectivity index is 1.70. The number of carbonyl (C=O) groups excluding carboxylic acids is 2. The summed E-state index contributed by atoms with van der Waals surface area (Å²) in [6, 6.07) is 8.33. The molecule has 2 amide bonds. The molecule has 0 radical (unpaired) electrons. The number of aromatic nitrogens is 2. The minimum absolute atomic E-state index is 0.148. The summed E-state index contributed by atoms with van der Waals surface area (Å²) in [6.07, 6.45) is 0. The topological polar surface area (TPSA) is 106 Å². The summed E-state index contributed by atoms with van der Waals surface area (Å²) in [6.45, 7) is 3.33. The van der Waals surface area contributed by atoms with Gasteiger partial charge in [-0.1, -0.05) is 18.2 Å². The number of benzene rings is 1. The Kier molecular flexibility index (Phi) is 4.57. The summed E-state index contributed by atoms with van der Waals surface area (Å²) in [5, 5.41) is 9.98. The second-order valence-electron chi connectivity index (χ2n) is 5.89. The summed E-state index contributed by atoms with van der Waals surface area (Å²) in [5.74, 6) is -1.08. The lowest BCUT2D eigenvalue weighted by molar-refractivity contribution is -0.115. The highest BCUT2D eigenvalue weighted by atomic mass is 16.4. The molecular weight excluding hydrogens is 336 g/mol. The number of aryl methyl sites for hydroxylation is 2. The van der Waals surface area contributed by atoms with Crippen LogP contribution in [0.1, 0.15) is 21.7 Å². The first-order valence-electron chi connectivity index (χ1n) is 7.98. The fourth-order valence-electron chi connectivity index (χ4n) is 2.61. The summed E-state index contributed by atoms with van der Waals surface area (Å²) in [5.41, 5.74) is 1.59. The van der Waals surface area contributed by atoms with Crippen LogP contribution in [0.15, 0.2) is 39.5 Å². The quantitative estimate of drug-likeness (QED) is 0.691. The van der Waals surface area contributed by atoms with E-state index in [0.717, 1.165) is 5.69 Å². The third-order valence-corrected chi connectivity index (χ3v) is 4.07. The van der Waals surface area contributed by atoms with Crippen molar-refractivity contribution in [3.8, 4) is 0 Å². The van der Waals surface area contributed by atoms with Crippen molar-refractivity contribution in [1.29, 1.82) is 0 Å². The normalized spacial score (nSPS) is 10.7. The predicted octanol–water partition coefficient (Wildman–Crippen LogP) is 1.51. The molecule has 0 spiro atoms. The standard InChI is InChI=1S/C18H18N4O4/c1-10-16(11(2)22(3)21-10)20-15(23)9-19-17(24)13-8-12-6-4-5-7-14(12)26-18(13)25/h4-8H,9H2,1-3H3,(H,19,24)(H,20,23). The number of anilines is 1. The number of hydrogen-bond donors (Lipinski definition) is 2. The monoisotopic (exact) mass is 354 g/mol. The first-order valence-corrected chi connectivity index (χ1v) is 7.98. The molecule has 0 aliphatic heterocycles. The highest BCUT2D eigenvalue weighted by Gasteiger charge is 2.16. The predicted molar refractivity (Wildman–Crippen MR) is 96.1 cm³/mol. The molecule has 3 rings (SSSR count). The van der Waals surface area contributed by atoms with Gasteiger partial charge in [0.15, 0.2) is 0 Å². The van der Waals surface area contributed by atoms with Gasteiger partial charge in [0.05, 0.1) is 23.6 Å². The second-order valence-corrected chi connectivity index (χ2v) is 5.89. The highest BCUT2D eigenvalue weighted by Crippen LogP contribution is 2.18. The van der Waals surface area contributed by atoms with E-state index in [0.29, 0.717) is 22.4 Å². The zero-order valence-corrected chi connectivity index (χ0v) is 14.6. The van der Waals surface area contributed by atoms with Crippen molar-refractivity contribution in [3.63, 3.8) is 0 Å². The molecule has 0 aliphatic carbocycles. The molecule has 2 N–H and O–H groups in total. The molecule has 2 heterocycles. The van der Waals surface area contributed by atoms with Crippen molar-refractivity contribution in [2.45, 2.75) is 13.8 Å². The van der Waals surface area contributed by atoms with Crippen LogP contribution in [0.3, 0.4) is 0 Å². The Morgan fingerprint density at radius 2 is 1.96 bits per heavy atom. The van der Waals surface area contributed by atoms with Crippen LogP contribution < -0.4 is 16.3 Å². The van der Waals surface area contributed by atoms with E-state index in [1.165, 1.54) is 6.07 Å². The number of rotatable bonds is 4.